The van der Waals surface area contributed by atoms with Gasteiger partial charge in [0, 0.05) is 43.5 Å². The first kappa shape index (κ1) is 41.3. The van der Waals surface area contributed by atoms with Crippen LogP contribution in [-0.2, 0) is 24.0 Å². The second-order valence-electron chi connectivity index (χ2n) is 18.7. The highest BCUT2D eigenvalue weighted by Gasteiger charge is 2.58. The molecule has 5 aliphatic carbocycles. The number of rotatable bonds is 14. The highest BCUT2D eigenvalue weighted by Crippen LogP contribution is 2.61. The van der Waals surface area contributed by atoms with E-state index < -0.39 is 36.1 Å². The molecule has 1 aliphatic heterocycles. The molecule has 0 spiro atoms. The number of nitrogens with one attached hydrogen (secondary N) is 2. The Morgan fingerprint density at radius 3 is 2.33 bits per heavy atom. The Hall–Kier alpha value is -1.83. The monoisotopic (exact) mass is 734 g/mol. The van der Waals surface area contributed by atoms with Crippen molar-refractivity contribution in [1.29, 1.82) is 0 Å². The number of carbonyl (C=O) groups excluding carboxylic acids is 3. The van der Waals surface area contributed by atoms with Gasteiger partial charge in [0.05, 0.1) is 18.8 Å². The summed E-state index contributed by atoms with van der Waals surface area (Å²) in [5, 5.41) is 29.5. The van der Waals surface area contributed by atoms with Crippen molar-refractivity contribution in [3.05, 3.63) is 0 Å². The Morgan fingerprint density at radius 1 is 1.06 bits per heavy atom. The lowest BCUT2D eigenvalue weighted by Crippen LogP contribution is -2.62. The van der Waals surface area contributed by atoms with E-state index in [1.54, 1.807) is 19.1 Å². The van der Waals surface area contributed by atoms with Gasteiger partial charge in [0.25, 0.3) is 0 Å². The zero-order chi connectivity index (χ0) is 38.2. The minimum atomic E-state index is -0.852. The van der Waals surface area contributed by atoms with Crippen molar-refractivity contribution in [2.45, 2.75) is 142 Å². The molecular weight excluding hydrogens is 662 g/mol. The van der Waals surface area contributed by atoms with Gasteiger partial charge >= 0.3 is 0 Å². The van der Waals surface area contributed by atoms with Gasteiger partial charge in [0.15, 0.2) is 0 Å². The summed E-state index contributed by atoms with van der Waals surface area (Å²) in [5.74, 6) is 0.649. The fourth-order valence-electron chi connectivity index (χ4n) is 11.4. The van der Waals surface area contributed by atoms with E-state index >= 15 is 0 Å². The molecule has 6 fully saturated rings. The molecule has 15 atom stereocenters. The van der Waals surface area contributed by atoms with Gasteiger partial charge in [0.1, 0.15) is 18.2 Å². The van der Waals surface area contributed by atoms with E-state index in [-0.39, 0.29) is 66.2 Å². The summed E-state index contributed by atoms with van der Waals surface area (Å²) in [6.45, 7) is 12.8. The third kappa shape index (κ3) is 8.52. The van der Waals surface area contributed by atoms with Gasteiger partial charge in [-0.15, -0.1) is 0 Å². The number of nitrogens with zero attached hydrogens (tertiary/aromatic N) is 2. The summed E-state index contributed by atoms with van der Waals surface area (Å²) in [6.07, 6.45) is 6.25. The third-order valence-electron chi connectivity index (χ3n) is 14.5. The molecule has 298 valence electrons. The van der Waals surface area contributed by atoms with Gasteiger partial charge in [-0.05, 0) is 113 Å². The molecule has 6 aliphatic rings. The van der Waals surface area contributed by atoms with Crippen molar-refractivity contribution in [2.24, 2.45) is 64.4 Å². The first-order valence-electron chi connectivity index (χ1n) is 20.3. The van der Waals surface area contributed by atoms with E-state index in [1.807, 2.05) is 13.8 Å². The number of primary amides is 1. The Morgan fingerprint density at radius 2 is 1.77 bits per heavy atom. The Bertz CT molecular complexity index is 1250. The highest BCUT2D eigenvalue weighted by molar-refractivity contribution is 5.87. The molecule has 52 heavy (non-hydrogen) atoms. The molecule has 1 heterocycles. The van der Waals surface area contributed by atoms with Gasteiger partial charge in [-0.25, -0.2) is 0 Å². The number of ether oxygens (including phenoxy) is 1. The number of fused-ring (bicyclic) bond motifs is 2. The van der Waals surface area contributed by atoms with Crippen LogP contribution in [0.5, 0.6) is 0 Å². The first-order valence-corrected chi connectivity index (χ1v) is 20.3. The maximum absolute atomic E-state index is 14.3. The van der Waals surface area contributed by atoms with Gasteiger partial charge in [-0.3, -0.25) is 19.2 Å². The molecule has 0 aromatic rings. The number of hydrogen-bond acceptors (Lipinski definition) is 9. The number of carbonyl (C=O) groups is 3. The number of amides is 3. The summed E-state index contributed by atoms with van der Waals surface area (Å²) in [7, 11) is 5.89. The number of hydrogen-bond donors (Lipinski definition) is 5. The molecule has 6 N–H and O–H groups in total. The van der Waals surface area contributed by atoms with E-state index in [2.05, 4.69) is 50.4 Å². The van der Waals surface area contributed by atoms with E-state index in [4.69, 9.17) is 15.3 Å². The lowest BCUT2D eigenvalue weighted by Gasteiger charge is -2.62. The minimum absolute atomic E-state index is 0.0467. The lowest BCUT2D eigenvalue weighted by atomic mass is 9.45. The van der Waals surface area contributed by atoms with Crippen LogP contribution in [0.25, 0.3) is 0 Å². The van der Waals surface area contributed by atoms with E-state index in [1.165, 1.54) is 6.42 Å². The molecule has 12 heteroatoms. The summed E-state index contributed by atoms with van der Waals surface area (Å²) in [6, 6.07) is -1.15. The van der Waals surface area contributed by atoms with Crippen LogP contribution < -0.4 is 16.4 Å². The number of methoxy groups -OCH3 is 1. The molecule has 0 aromatic carbocycles. The number of nitrogens with two attached hydrogens (primary N) is 1. The average Bonchev–Trinajstić information content (AvgIpc) is 3.46. The van der Waals surface area contributed by atoms with Gasteiger partial charge in [0.2, 0.25) is 17.7 Å². The fourth-order valence-corrected chi connectivity index (χ4v) is 11.4. The van der Waals surface area contributed by atoms with Crippen molar-refractivity contribution in [3.63, 3.8) is 0 Å². The van der Waals surface area contributed by atoms with Crippen LogP contribution >= 0.6 is 0 Å². The fraction of sp³-hybridized carbons (Fsp3) is 0.925. The minimum Gasteiger partial charge on any atom is -0.394 e. The van der Waals surface area contributed by atoms with E-state index in [0.717, 1.165) is 38.5 Å². The second kappa shape index (κ2) is 16.9. The summed E-state index contributed by atoms with van der Waals surface area (Å²) >= 11 is 0. The second-order valence-corrected chi connectivity index (χ2v) is 18.7. The summed E-state index contributed by atoms with van der Waals surface area (Å²) in [5.41, 5.74) is 6.00. The maximum atomic E-state index is 14.3. The normalized spacial score (nSPS) is 40.2. The summed E-state index contributed by atoms with van der Waals surface area (Å²) in [4.78, 5) is 48.8. The van der Waals surface area contributed by atoms with Gasteiger partial charge < -0.3 is 36.2 Å². The summed E-state index contributed by atoms with van der Waals surface area (Å²) < 4.78 is 6.35. The van der Waals surface area contributed by atoms with Crippen molar-refractivity contribution in [2.75, 3.05) is 34.4 Å². The van der Waals surface area contributed by atoms with Crippen LogP contribution in [0, 0.1) is 58.7 Å². The predicted molar refractivity (Wildman–Crippen MR) is 199 cm³/mol. The molecule has 2 bridgehead atoms. The zero-order valence-corrected chi connectivity index (χ0v) is 33.4. The lowest BCUT2D eigenvalue weighted by molar-refractivity contribution is -0.193. The largest absolute Gasteiger partial charge is 0.394 e. The van der Waals surface area contributed by atoms with Gasteiger partial charge in [-0.2, -0.15) is 5.06 Å². The highest BCUT2D eigenvalue weighted by atomic mass is 16.7. The Labute approximate surface area is 312 Å². The SMILES string of the molecule is COC1C(CN2O[C@@H](CO)[C@H]([C@H](C)O)[C@H]2C(=O)N[C@H]2C[C@H]3C[C@@H]([C@@H]2C)C3(C)C)CCCC1C1CC(C(=O)NC(CC(C)C)C(N)=O)CC(N(C)C)C1. The number of aliphatic hydroxyl groups excluding tert-OH is 2. The maximum Gasteiger partial charge on any atom is 0.240 e. The molecule has 7 unspecified atom stereocenters. The predicted octanol–water partition coefficient (Wildman–Crippen LogP) is 2.94. The van der Waals surface area contributed by atoms with Crippen molar-refractivity contribution in [3.8, 4) is 0 Å². The van der Waals surface area contributed by atoms with Crippen LogP contribution in [0.15, 0.2) is 0 Å². The molecule has 5 saturated carbocycles. The van der Waals surface area contributed by atoms with Crippen LogP contribution in [-0.4, -0.2) is 115 Å². The third-order valence-corrected chi connectivity index (χ3v) is 14.5. The van der Waals surface area contributed by atoms with Crippen molar-refractivity contribution in [1.82, 2.24) is 20.6 Å². The smallest absolute Gasteiger partial charge is 0.240 e. The molecule has 12 nitrogen and oxygen atoms in total. The van der Waals surface area contributed by atoms with Crippen LogP contribution in [0.1, 0.15) is 99.3 Å². The standard InChI is InChI=1S/C40H71N5O7/c1-21(2)13-32(37(41)48)43-38(49)26-14-25(15-28(16-26)44(7)8)29-12-10-11-24(36(29)51-9)19-45-35(34(23(4)47)33(20-46)52-45)39(50)42-31-18-27-17-30(22(31)3)40(27,5)6/h21-36,46-47H,10-20H2,1-9H3,(H2,41,48)(H,42,50)(H,43,49)/t22-,23-,24?,25?,26?,27+,28?,29?,30-,31-,32?,33-,34-,35-,36?/m0/s1. The average molecular weight is 734 g/mol. The molecule has 0 radical (unpaired) electrons. The zero-order valence-electron chi connectivity index (χ0n) is 33.4. The quantitative estimate of drug-likeness (QED) is 0.181. The molecule has 0 aromatic heterocycles. The number of aliphatic hydroxyl groups is 2. The molecular formula is C40H71N5O7. The Balaban J connectivity index is 1.32. The molecule has 1 saturated heterocycles. The first-order chi connectivity index (χ1) is 24.5. The topological polar surface area (TPSA) is 167 Å². The van der Waals surface area contributed by atoms with Crippen LogP contribution in [0.4, 0.5) is 0 Å². The van der Waals surface area contributed by atoms with E-state index in [0.29, 0.717) is 42.6 Å². The Kier molecular flexibility index (Phi) is 13.4. The molecule has 6 rings (SSSR count). The van der Waals surface area contributed by atoms with Crippen LogP contribution in [0.2, 0.25) is 0 Å². The molecule has 3 amide bonds. The van der Waals surface area contributed by atoms with Crippen molar-refractivity contribution < 1.29 is 34.2 Å². The number of hydroxylamine groups is 2. The van der Waals surface area contributed by atoms with E-state index in [9.17, 15) is 24.6 Å². The van der Waals surface area contributed by atoms with Crippen LogP contribution in [0.3, 0.4) is 0 Å². The van der Waals surface area contributed by atoms with Gasteiger partial charge in [-0.1, -0.05) is 41.0 Å². The van der Waals surface area contributed by atoms with Crippen molar-refractivity contribution >= 4 is 17.7 Å².